The number of aliphatic hydroxyl groups is 1. The third kappa shape index (κ3) is 9.26. The molecule has 2 aromatic rings. The Bertz CT molecular complexity index is 776. The van der Waals surface area contributed by atoms with Crippen LogP contribution in [0.5, 0.6) is 17.4 Å². The molecule has 0 fully saturated rings. The van der Waals surface area contributed by atoms with Gasteiger partial charge < -0.3 is 25.2 Å². The Morgan fingerprint density at radius 3 is 2.42 bits per heavy atom. The van der Waals surface area contributed by atoms with Gasteiger partial charge in [0.1, 0.15) is 11.5 Å². The summed E-state index contributed by atoms with van der Waals surface area (Å²) in [4.78, 5) is 9.05. The molecule has 0 amide bonds. The van der Waals surface area contributed by atoms with Crippen LogP contribution >= 0.6 is 0 Å². The van der Waals surface area contributed by atoms with E-state index in [4.69, 9.17) is 9.47 Å². The maximum Gasteiger partial charge on any atom is 0.219 e. The number of guanidine groups is 1. The molecule has 31 heavy (non-hydrogen) atoms. The van der Waals surface area contributed by atoms with E-state index in [1.165, 1.54) is 0 Å². The quantitative estimate of drug-likeness (QED) is 0.350. The minimum Gasteiger partial charge on any atom is -0.497 e. The number of pyridine rings is 1. The third-order valence-corrected chi connectivity index (χ3v) is 4.74. The summed E-state index contributed by atoms with van der Waals surface area (Å²) in [5.74, 6) is 3.81. The van der Waals surface area contributed by atoms with Crippen LogP contribution < -0.4 is 20.1 Å². The molecule has 2 rings (SSSR count). The Balaban J connectivity index is 1.92. The number of aromatic nitrogens is 1. The largest absolute Gasteiger partial charge is 0.497 e. The van der Waals surface area contributed by atoms with Crippen LogP contribution in [0.15, 0.2) is 47.6 Å². The highest BCUT2D eigenvalue weighted by Crippen LogP contribution is 2.22. The standard InChI is InChI=1S/C24H36N4O3/c1-5-25-24(27-15-19(12-13-29)14-18(2)3)28-17-20-6-11-23(26-16-20)31-22-9-7-21(30-4)8-10-22/h6-11,16,18-19,29H,5,12-15,17H2,1-4H3,(H2,25,27,28). The van der Waals surface area contributed by atoms with E-state index < -0.39 is 0 Å². The fourth-order valence-electron chi connectivity index (χ4n) is 3.23. The normalized spacial score (nSPS) is 12.5. The van der Waals surface area contributed by atoms with E-state index in [-0.39, 0.29) is 6.61 Å². The Labute approximate surface area is 185 Å². The zero-order valence-electron chi connectivity index (χ0n) is 19.1. The van der Waals surface area contributed by atoms with E-state index >= 15 is 0 Å². The van der Waals surface area contributed by atoms with Gasteiger partial charge in [-0.25, -0.2) is 9.98 Å². The number of benzene rings is 1. The molecule has 0 spiro atoms. The second kappa shape index (κ2) is 13.5. The van der Waals surface area contributed by atoms with Crippen LogP contribution in [-0.4, -0.2) is 42.9 Å². The molecule has 7 nitrogen and oxygen atoms in total. The van der Waals surface area contributed by atoms with Gasteiger partial charge in [-0.15, -0.1) is 0 Å². The van der Waals surface area contributed by atoms with Gasteiger partial charge in [-0.3, -0.25) is 0 Å². The molecule has 170 valence electrons. The number of ether oxygens (including phenoxy) is 2. The number of aliphatic imine (C=N–C) groups is 1. The molecule has 0 bridgehead atoms. The lowest BCUT2D eigenvalue weighted by Crippen LogP contribution is -2.40. The van der Waals surface area contributed by atoms with Crippen molar-refractivity contribution in [3.63, 3.8) is 0 Å². The summed E-state index contributed by atoms with van der Waals surface area (Å²) in [6, 6.07) is 11.2. The summed E-state index contributed by atoms with van der Waals surface area (Å²) in [5, 5.41) is 16.0. The monoisotopic (exact) mass is 428 g/mol. The van der Waals surface area contributed by atoms with E-state index in [1.807, 2.05) is 43.3 Å². The molecule has 0 aliphatic carbocycles. The van der Waals surface area contributed by atoms with E-state index in [0.717, 1.165) is 43.2 Å². The summed E-state index contributed by atoms with van der Waals surface area (Å²) in [5.41, 5.74) is 0.994. The molecule has 1 heterocycles. The van der Waals surface area contributed by atoms with Crippen molar-refractivity contribution in [3.05, 3.63) is 48.2 Å². The number of hydrogen-bond acceptors (Lipinski definition) is 5. The zero-order chi connectivity index (χ0) is 22.5. The molecule has 1 aromatic heterocycles. The van der Waals surface area contributed by atoms with Crippen molar-refractivity contribution in [2.75, 3.05) is 26.8 Å². The first-order valence-corrected chi connectivity index (χ1v) is 10.9. The molecular formula is C24H36N4O3. The van der Waals surface area contributed by atoms with E-state index in [2.05, 4.69) is 34.5 Å². The number of nitrogens with one attached hydrogen (secondary N) is 2. The number of nitrogens with zero attached hydrogens (tertiary/aromatic N) is 2. The van der Waals surface area contributed by atoms with Crippen LogP contribution in [0, 0.1) is 11.8 Å². The first kappa shape index (κ1) is 24.5. The lowest BCUT2D eigenvalue weighted by molar-refractivity contribution is 0.243. The van der Waals surface area contributed by atoms with Crippen LogP contribution in [0.1, 0.15) is 39.2 Å². The summed E-state index contributed by atoms with van der Waals surface area (Å²) in [6.07, 6.45) is 3.65. The number of methoxy groups -OCH3 is 1. The fraction of sp³-hybridized carbons (Fsp3) is 0.500. The van der Waals surface area contributed by atoms with Gasteiger partial charge in [-0.2, -0.15) is 0 Å². The van der Waals surface area contributed by atoms with Crippen LogP contribution in [-0.2, 0) is 6.54 Å². The topological polar surface area (TPSA) is 88.0 Å². The SMILES string of the molecule is CCNC(=NCc1ccc(Oc2ccc(OC)cc2)nc1)NCC(CCO)CC(C)C. The van der Waals surface area contributed by atoms with Gasteiger partial charge in [0.25, 0.3) is 0 Å². The van der Waals surface area contributed by atoms with Gasteiger partial charge in [0.15, 0.2) is 5.96 Å². The van der Waals surface area contributed by atoms with E-state index in [1.54, 1.807) is 13.3 Å². The summed E-state index contributed by atoms with van der Waals surface area (Å²) in [7, 11) is 1.63. The third-order valence-electron chi connectivity index (χ3n) is 4.74. The van der Waals surface area contributed by atoms with Crippen LogP contribution in [0.3, 0.4) is 0 Å². The van der Waals surface area contributed by atoms with Crippen molar-refractivity contribution in [2.45, 2.75) is 40.2 Å². The van der Waals surface area contributed by atoms with Crippen molar-refractivity contribution < 1.29 is 14.6 Å². The highest BCUT2D eigenvalue weighted by molar-refractivity contribution is 5.79. The molecule has 0 radical (unpaired) electrons. The predicted molar refractivity (Wildman–Crippen MR) is 125 cm³/mol. The molecule has 1 aromatic carbocycles. The Morgan fingerprint density at radius 1 is 1.10 bits per heavy atom. The second-order valence-electron chi connectivity index (χ2n) is 7.87. The van der Waals surface area contributed by atoms with E-state index in [0.29, 0.717) is 30.0 Å². The van der Waals surface area contributed by atoms with Gasteiger partial charge >= 0.3 is 0 Å². The number of aliphatic hydroxyl groups excluding tert-OH is 1. The highest BCUT2D eigenvalue weighted by Gasteiger charge is 2.11. The lowest BCUT2D eigenvalue weighted by Gasteiger charge is -2.20. The molecule has 1 atom stereocenters. The lowest BCUT2D eigenvalue weighted by atomic mass is 9.94. The Kier molecular flexibility index (Phi) is 10.6. The van der Waals surface area contributed by atoms with Crippen molar-refractivity contribution >= 4 is 5.96 Å². The minimum absolute atomic E-state index is 0.212. The maximum absolute atomic E-state index is 9.31. The van der Waals surface area contributed by atoms with Gasteiger partial charge in [-0.1, -0.05) is 19.9 Å². The fourth-order valence-corrected chi connectivity index (χ4v) is 3.23. The predicted octanol–water partition coefficient (Wildman–Crippen LogP) is 3.98. The van der Waals surface area contributed by atoms with Crippen molar-refractivity contribution in [1.82, 2.24) is 15.6 Å². The van der Waals surface area contributed by atoms with Crippen molar-refractivity contribution in [1.29, 1.82) is 0 Å². The molecule has 7 heteroatoms. The van der Waals surface area contributed by atoms with Gasteiger partial charge in [0.2, 0.25) is 5.88 Å². The average molecular weight is 429 g/mol. The van der Waals surface area contributed by atoms with Gasteiger partial charge in [-0.05, 0) is 61.4 Å². The molecule has 0 saturated carbocycles. The van der Waals surface area contributed by atoms with Crippen molar-refractivity contribution in [2.24, 2.45) is 16.8 Å². The van der Waals surface area contributed by atoms with Gasteiger partial charge in [0.05, 0.1) is 13.7 Å². The van der Waals surface area contributed by atoms with Crippen molar-refractivity contribution in [3.8, 4) is 17.4 Å². The molecule has 0 aliphatic heterocycles. The first-order chi connectivity index (χ1) is 15.0. The summed E-state index contributed by atoms with van der Waals surface area (Å²) >= 11 is 0. The summed E-state index contributed by atoms with van der Waals surface area (Å²) in [6.45, 7) is 8.76. The van der Waals surface area contributed by atoms with Gasteiger partial charge in [0, 0.05) is 32.0 Å². The molecule has 0 aliphatic rings. The molecule has 3 N–H and O–H groups in total. The molecule has 1 unspecified atom stereocenters. The van der Waals surface area contributed by atoms with Crippen LogP contribution in [0.4, 0.5) is 0 Å². The number of hydrogen-bond donors (Lipinski definition) is 3. The van der Waals surface area contributed by atoms with Crippen LogP contribution in [0.2, 0.25) is 0 Å². The molecule has 0 saturated heterocycles. The van der Waals surface area contributed by atoms with E-state index in [9.17, 15) is 5.11 Å². The minimum atomic E-state index is 0.212. The second-order valence-corrected chi connectivity index (χ2v) is 7.87. The smallest absolute Gasteiger partial charge is 0.219 e. The zero-order valence-corrected chi connectivity index (χ0v) is 19.1. The number of rotatable bonds is 12. The Morgan fingerprint density at radius 2 is 1.84 bits per heavy atom. The Hall–Kier alpha value is -2.80. The molecular weight excluding hydrogens is 392 g/mol. The highest BCUT2D eigenvalue weighted by atomic mass is 16.5. The van der Waals surface area contributed by atoms with Crippen LogP contribution in [0.25, 0.3) is 0 Å². The summed E-state index contributed by atoms with van der Waals surface area (Å²) < 4.78 is 10.9. The maximum atomic E-state index is 9.31. The average Bonchev–Trinajstić information content (AvgIpc) is 2.77. The first-order valence-electron chi connectivity index (χ1n) is 10.9.